The predicted molar refractivity (Wildman–Crippen MR) is 58.1 cm³/mol. The number of hydrogen-bond acceptors (Lipinski definition) is 4. The molecule has 0 aliphatic heterocycles. The van der Waals surface area contributed by atoms with Crippen LogP contribution < -0.4 is 5.43 Å². The predicted octanol–water partition coefficient (Wildman–Crippen LogP) is 2.11. The van der Waals surface area contributed by atoms with Crippen LogP contribution in [0.25, 0.3) is 0 Å². The van der Waals surface area contributed by atoms with Gasteiger partial charge in [0.05, 0.1) is 12.5 Å². The molecule has 4 nitrogen and oxygen atoms in total. The summed E-state index contributed by atoms with van der Waals surface area (Å²) in [5.74, 6) is -0.107. The summed E-state index contributed by atoms with van der Waals surface area (Å²) >= 11 is 1.57. The second-order valence-corrected chi connectivity index (χ2v) is 3.51. The second-order valence-electron chi connectivity index (χ2n) is 2.73. The van der Waals surface area contributed by atoms with E-state index >= 15 is 0 Å². The van der Waals surface area contributed by atoms with Gasteiger partial charge in [0.2, 0.25) is 0 Å². The topological polar surface area (TPSA) is 54.6 Å². The smallest absolute Gasteiger partial charge is 0.307 e. The minimum atomic E-state index is -0.355. The summed E-state index contributed by atoms with van der Waals surface area (Å²) in [7, 11) is 0. The van der Waals surface area contributed by atoms with E-state index in [4.69, 9.17) is 4.42 Å². The Morgan fingerprint density at radius 2 is 2.47 bits per heavy atom. The Bertz CT molecular complexity index is 446. The molecular weight excluding hydrogens is 212 g/mol. The van der Waals surface area contributed by atoms with Gasteiger partial charge in [-0.1, -0.05) is 0 Å². The van der Waals surface area contributed by atoms with Crippen LogP contribution in [0.1, 0.15) is 16.1 Å². The van der Waals surface area contributed by atoms with Crippen LogP contribution in [-0.4, -0.2) is 12.1 Å². The van der Waals surface area contributed by atoms with Crippen LogP contribution in [-0.2, 0) is 0 Å². The molecule has 0 radical (unpaired) electrons. The van der Waals surface area contributed by atoms with Gasteiger partial charge in [0.15, 0.2) is 5.76 Å². The van der Waals surface area contributed by atoms with Crippen molar-refractivity contribution in [2.45, 2.75) is 0 Å². The van der Waals surface area contributed by atoms with E-state index < -0.39 is 0 Å². The summed E-state index contributed by atoms with van der Waals surface area (Å²) in [4.78, 5) is 11.3. The number of furan rings is 1. The monoisotopic (exact) mass is 220 g/mol. The molecule has 2 aromatic rings. The molecule has 0 aliphatic carbocycles. The van der Waals surface area contributed by atoms with Crippen LogP contribution in [0.4, 0.5) is 0 Å². The van der Waals surface area contributed by atoms with Gasteiger partial charge in [-0.3, -0.25) is 4.79 Å². The standard InChI is InChI=1S/C10H8N2O2S/c13-10(9-2-1-4-14-9)12-11-6-8-3-5-15-7-8/h1-7H,(H,12,13). The van der Waals surface area contributed by atoms with Crippen molar-refractivity contribution in [3.8, 4) is 0 Å². The van der Waals surface area contributed by atoms with E-state index in [9.17, 15) is 4.79 Å². The number of rotatable bonds is 3. The van der Waals surface area contributed by atoms with Gasteiger partial charge < -0.3 is 4.42 Å². The van der Waals surface area contributed by atoms with E-state index in [0.29, 0.717) is 0 Å². The normalized spacial score (nSPS) is 10.7. The number of nitrogens with zero attached hydrogens (tertiary/aromatic N) is 1. The van der Waals surface area contributed by atoms with Crippen molar-refractivity contribution < 1.29 is 9.21 Å². The highest BCUT2D eigenvalue weighted by molar-refractivity contribution is 7.08. The van der Waals surface area contributed by atoms with Crippen LogP contribution in [0.5, 0.6) is 0 Å². The summed E-state index contributed by atoms with van der Waals surface area (Å²) in [6, 6.07) is 5.14. The van der Waals surface area contributed by atoms with Crippen LogP contribution in [0, 0.1) is 0 Å². The highest BCUT2D eigenvalue weighted by Gasteiger charge is 2.05. The molecule has 0 saturated carbocycles. The van der Waals surface area contributed by atoms with Crippen molar-refractivity contribution >= 4 is 23.5 Å². The van der Waals surface area contributed by atoms with Crippen LogP contribution in [0.2, 0.25) is 0 Å². The number of hydrazone groups is 1. The van der Waals surface area contributed by atoms with Crippen molar-refractivity contribution in [3.05, 3.63) is 46.5 Å². The summed E-state index contributed by atoms with van der Waals surface area (Å²) in [5.41, 5.74) is 3.32. The maximum absolute atomic E-state index is 11.3. The fourth-order valence-corrected chi connectivity index (χ4v) is 1.59. The van der Waals surface area contributed by atoms with Gasteiger partial charge in [-0.05, 0) is 29.0 Å². The average Bonchev–Trinajstić information content (AvgIpc) is 2.90. The molecule has 0 saturated heterocycles. The van der Waals surface area contributed by atoms with Crippen molar-refractivity contribution in [2.75, 3.05) is 0 Å². The zero-order valence-corrected chi connectivity index (χ0v) is 8.53. The Labute approximate surface area is 90.2 Å². The highest BCUT2D eigenvalue weighted by Crippen LogP contribution is 2.02. The Kier molecular flexibility index (Phi) is 2.94. The van der Waals surface area contributed by atoms with E-state index in [1.54, 1.807) is 29.7 Å². The minimum absolute atomic E-state index is 0.248. The molecule has 2 aromatic heterocycles. The third kappa shape index (κ3) is 2.54. The first-order valence-corrected chi connectivity index (χ1v) is 5.19. The first-order valence-electron chi connectivity index (χ1n) is 4.25. The molecule has 0 unspecified atom stereocenters. The van der Waals surface area contributed by atoms with Gasteiger partial charge in [-0.15, -0.1) is 0 Å². The summed E-state index contributed by atoms with van der Waals surface area (Å²) in [5, 5.41) is 7.67. The zero-order valence-electron chi connectivity index (χ0n) is 7.71. The van der Waals surface area contributed by atoms with E-state index in [-0.39, 0.29) is 11.7 Å². The molecule has 76 valence electrons. The lowest BCUT2D eigenvalue weighted by Crippen LogP contribution is -2.16. The Morgan fingerprint density at radius 1 is 1.53 bits per heavy atom. The Morgan fingerprint density at radius 3 is 3.13 bits per heavy atom. The highest BCUT2D eigenvalue weighted by atomic mass is 32.1. The van der Waals surface area contributed by atoms with Crippen molar-refractivity contribution in [1.82, 2.24) is 5.43 Å². The first kappa shape index (κ1) is 9.67. The molecule has 0 atom stereocenters. The van der Waals surface area contributed by atoms with E-state index in [0.717, 1.165) is 5.56 Å². The third-order valence-electron chi connectivity index (χ3n) is 1.67. The molecule has 0 fully saturated rings. The Balaban J connectivity index is 1.91. The van der Waals surface area contributed by atoms with Gasteiger partial charge in [0.25, 0.3) is 0 Å². The quantitative estimate of drug-likeness (QED) is 0.636. The van der Waals surface area contributed by atoms with Crippen molar-refractivity contribution in [3.63, 3.8) is 0 Å². The van der Waals surface area contributed by atoms with E-state index in [1.165, 1.54) is 6.26 Å². The third-order valence-corrected chi connectivity index (χ3v) is 2.37. The van der Waals surface area contributed by atoms with Gasteiger partial charge in [-0.2, -0.15) is 16.4 Å². The molecular formula is C10H8N2O2S. The van der Waals surface area contributed by atoms with Crippen LogP contribution >= 0.6 is 11.3 Å². The fraction of sp³-hybridized carbons (Fsp3) is 0. The van der Waals surface area contributed by atoms with Gasteiger partial charge in [0, 0.05) is 5.56 Å². The molecule has 0 bridgehead atoms. The lowest BCUT2D eigenvalue weighted by atomic mass is 10.4. The lowest BCUT2D eigenvalue weighted by Gasteiger charge is -1.93. The van der Waals surface area contributed by atoms with Gasteiger partial charge in [0.1, 0.15) is 0 Å². The molecule has 2 rings (SSSR count). The zero-order chi connectivity index (χ0) is 10.5. The number of carbonyl (C=O) groups excluding carboxylic acids is 1. The number of nitrogens with one attached hydrogen (secondary N) is 1. The van der Waals surface area contributed by atoms with Gasteiger partial charge in [-0.25, -0.2) is 5.43 Å². The molecule has 0 aliphatic rings. The molecule has 0 aromatic carbocycles. The van der Waals surface area contributed by atoms with Crippen molar-refractivity contribution in [1.29, 1.82) is 0 Å². The summed E-state index contributed by atoms with van der Waals surface area (Å²) < 4.78 is 4.90. The second kappa shape index (κ2) is 4.56. The fourth-order valence-electron chi connectivity index (χ4n) is 0.977. The average molecular weight is 220 g/mol. The largest absolute Gasteiger partial charge is 0.459 e. The van der Waals surface area contributed by atoms with Crippen molar-refractivity contribution in [2.24, 2.45) is 5.10 Å². The number of amides is 1. The number of carbonyl (C=O) groups is 1. The van der Waals surface area contributed by atoms with Crippen LogP contribution in [0.15, 0.2) is 44.7 Å². The molecule has 0 spiro atoms. The SMILES string of the molecule is O=C(NN=Cc1ccsc1)c1ccco1. The summed E-state index contributed by atoms with van der Waals surface area (Å²) in [6.07, 6.45) is 3.02. The van der Waals surface area contributed by atoms with Crippen LogP contribution in [0.3, 0.4) is 0 Å². The molecule has 2 heterocycles. The summed E-state index contributed by atoms with van der Waals surface area (Å²) in [6.45, 7) is 0. The minimum Gasteiger partial charge on any atom is -0.459 e. The molecule has 1 N–H and O–H groups in total. The maximum Gasteiger partial charge on any atom is 0.307 e. The molecule has 5 heteroatoms. The maximum atomic E-state index is 11.3. The van der Waals surface area contributed by atoms with E-state index in [2.05, 4.69) is 10.5 Å². The lowest BCUT2D eigenvalue weighted by molar-refractivity contribution is 0.0927. The van der Waals surface area contributed by atoms with E-state index in [1.807, 2.05) is 16.8 Å². The van der Waals surface area contributed by atoms with Gasteiger partial charge >= 0.3 is 5.91 Å². The Hall–Kier alpha value is -1.88. The number of thiophene rings is 1. The molecule has 15 heavy (non-hydrogen) atoms. The number of hydrogen-bond donors (Lipinski definition) is 1. The molecule has 1 amide bonds. The first-order chi connectivity index (χ1) is 7.36.